The van der Waals surface area contributed by atoms with Crippen molar-refractivity contribution in [3.8, 4) is 11.8 Å². The second-order valence-electron chi connectivity index (χ2n) is 2.06. The molecule has 0 N–H and O–H groups in total. The molecule has 46 valence electrons. The molecule has 0 amide bonds. The molecule has 0 rings (SSSR count). The van der Waals surface area contributed by atoms with Gasteiger partial charge in [0.2, 0.25) is 0 Å². The quantitative estimate of drug-likeness (QED) is 0.349. The van der Waals surface area contributed by atoms with Crippen LogP contribution in [0.5, 0.6) is 0 Å². The summed E-state index contributed by atoms with van der Waals surface area (Å²) >= 11 is 5.55. The summed E-state index contributed by atoms with van der Waals surface area (Å²) in [4.78, 5) is 0. The zero-order valence-electron chi connectivity index (χ0n) is 5.53. The van der Waals surface area contributed by atoms with E-state index in [-0.39, 0.29) is 5.38 Å². The molecule has 0 aromatic rings. The Balaban J connectivity index is 3.50. The van der Waals surface area contributed by atoms with Crippen LogP contribution in [-0.4, -0.2) is 5.38 Å². The maximum Gasteiger partial charge on any atom is 0.0915 e. The molecule has 0 bridgehead atoms. The van der Waals surface area contributed by atoms with E-state index in [2.05, 4.69) is 11.8 Å². The summed E-state index contributed by atoms with van der Waals surface area (Å²) in [5.74, 6) is 6.26. The summed E-state index contributed by atoms with van der Waals surface area (Å²) in [7, 11) is 0. The van der Waals surface area contributed by atoms with Gasteiger partial charge in [-0.05, 0) is 6.92 Å². The zero-order chi connectivity index (χ0) is 6.57. The predicted molar refractivity (Wildman–Crippen MR) is 37.9 cm³/mol. The second kappa shape index (κ2) is 3.80. The van der Waals surface area contributed by atoms with Crippen LogP contribution in [0.1, 0.15) is 20.8 Å². The van der Waals surface area contributed by atoms with Crippen LogP contribution in [0, 0.1) is 17.8 Å². The lowest BCUT2D eigenvalue weighted by Gasteiger charge is -1.88. The summed E-state index contributed by atoms with van der Waals surface area (Å²) < 4.78 is 0. The Hall–Kier alpha value is -0.150. The standard InChI is InChI=1S/C7H11Cl/c1-6(2)4-5-7(3)8/h6-7H,1-3H3. The van der Waals surface area contributed by atoms with E-state index >= 15 is 0 Å². The summed E-state index contributed by atoms with van der Waals surface area (Å²) in [6, 6.07) is 0. The average Bonchev–Trinajstić information content (AvgIpc) is 1.61. The van der Waals surface area contributed by atoms with Crippen LogP contribution in [0.25, 0.3) is 0 Å². The van der Waals surface area contributed by atoms with Crippen molar-refractivity contribution in [1.29, 1.82) is 0 Å². The van der Waals surface area contributed by atoms with E-state index in [1.54, 1.807) is 0 Å². The van der Waals surface area contributed by atoms with Crippen molar-refractivity contribution in [2.24, 2.45) is 5.92 Å². The van der Waals surface area contributed by atoms with Gasteiger partial charge in [0.15, 0.2) is 0 Å². The molecule has 0 aliphatic rings. The van der Waals surface area contributed by atoms with Gasteiger partial charge in [0.25, 0.3) is 0 Å². The van der Waals surface area contributed by atoms with Crippen LogP contribution in [0.2, 0.25) is 0 Å². The fourth-order valence-electron chi connectivity index (χ4n) is 0.281. The maximum absolute atomic E-state index is 5.55. The first kappa shape index (κ1) is 7.85. The van der Waals surface area contributed by atoms with E-state index in [0.29, 0.717) is 5.92 Å². The van der Waals surface area contributed by atoms with Gasteiger partial charge < -0.3 is 0 Å². The number of hydrogen-bond donors (Lipinski definition) is 0. The van der Waals surface area contributed by atoms with Crippen LogP contribution < -0.4 is 0 Å². The third-order valence-corrected chi connectivity index (χ3v) is 0.680. The van der Waals surface area contributed by atoms with Crippen LogP contribution in [0.3, 0.4) is 0 Å². The highest BCUT2D eigenvalue weighted by Gasteiger charge is 1.85. The lowest BCUT2D eigenvalue weighted by atomic mass is 10.2. The first-order valence-electron chi connectivity index (χ1n) is 2.78. The van der Waals surface area contributed by atoms with Gasteiger partial charge in [-0.25, -0.2) is 0 Å². The normalized spacial score (nSPS) is 12.6. The molecule has 0 saturated heterocycles. The molecule has 0 aromatic heterocycles. The molecule has 0 aliphatic carbocycles. The first-order chi connectivity index (χ1) is 3.63. The number of alkyl halides is 1. The lowest BCUT2D eigenvalue weighted by Crippen LogP contribution is -1.85. The van der Waals surface area contributed by atoms with Crippen molar-refractivity contribution in [3.63, 3.8) is 0 Å². The average molecular weight is 131 g/mol. The Morgan fingerprint density at radius 1 is 1.12 bits per heavy atom. The smallest absolute Gasteiger partial charge is 0.0915 e. The molecule has 0 radical (unpaired) electrons. The van der Waals surface area contributed by atoms with Crippen molar-refractivity contribution in [3.05, 3.63) is 0 Å². The Morgan fingerprint density at radius 3 is 1.75 bits per heavy atom. The molecule has 8 heavy (non-hydrogen) atoms. The molecule has 1 unspecified atom stereocenters. The molecule has 0 saturated carbocycles. The fourth-order valence-corrected chi connectivity index (χ4v) is 0.344. The van der Waals surface area contributed by atoms with Crippen LogP contribution >= 0.6 is 11.6 Å². The largest absolute Gasteiger partial charge is 0.109 e. The monoisotopic (exact) mass is 130 g/mol. The van der Waals surface area contributed by atoms with E-state index in [0.717, 1.165) is 0 Å². The van der Waals surface area contributed by atoms with Gasteiger partial charge in [0.1, 0.15) is 0 Å². The van der Waals surface area contributed by atoms with Crippen molar-refractivity contribution in [2.45, 2.75) is 26.1 Å². The fraction of sp³-hybridized carbons (Fsp3) is 0.714. The Bertz CT molecular complexity index is 91.3. The molecule has 1 heteroatoms. The van der Waals surface area contributed by atoms with Gasteiger partial charge in [0.05, 0.1) is 5.38 Å². The second-order valence-corrected chi connectivity index (χ2v) is 2.71. The van der Waals surface area contributed by atoms with Gasteiger partial charge in [-0.1, -0.05) is 25.7 Å². The molecule has 0 heterocycles. The topological polar surface area (TPSA) is 0 Å². The van der Waals surface area contributed by atoms with Crippen LogP contribution in [0.15, 0.2) is 0 Å². The van der Waals surface area contributed by atoms with E-state index in [9.17, 15) is 0 Å². The highest BCUT2D eigenvalue weighted by atomic mass is 35.5. The Labute approximate surface area is 56.2 Å². The molecule has 0 aliphatic heterocycles. The predicted octanol–water partition coefficient (Wildman–Crippen LogP) is 2.27. The minimum atomic E-state index is -0.00241. The van der Waals surface area contributed by atoms with Crippen LogP contribution in [-0.2, 0) is 0 Å². The summed E-state index contributed by atoms with van der Waals surface area (Å²) in [6.45, 7) is 5.97. The van der Waals surface area contributed by atoms with Crippen molar-refractivity contribution in [2.75, 3.05) is 0 Å². The van der Waals surface area contributed by atoms with E-state index in [1.807, 2.05) is 20.8 Å². The van der Waals surface area contributed by atoms with E-state index in [4.69, 9.17) is 11.6 Å². The van der Waals surface area contributed by atoms with Gasteiger partial charge in [-0.15, -0.1) is 11.6 Å². The summed E-state index contributed by atoms with van der Waals surface area (Å²) in [6.07, 6.45) is 0. The van der Waals surface area contributed by atoms with Crippen molar-refractivity contribution >= 4 is 11.6 Å². The van der Waals surface area contributed by atoms with Crippen molar-refractivity contribution in [1.82, 2.24) is 0 Å². The molecule has 0 fully saturated rings. The number of hydrogen-bond acceptors (Lipinski definition) is 0. The van der Waals surface area contributed by atoms with E-state index in [1.165, 1.54) is 0 Å². The summed E-state index contributed by atoms with van der Waals surface area (Å²) in [5.41, 5.74) is 0. The minimum absolute atomic E-state index is 0.00241. The minimum Gasteiger partial charge on any atom is -0.109 e. The van der Waals surface area contributed by atoms with Gasteiger partial charge in [0, 0.05) is 5.92 Å². The highest BCUT2D eigenvalue weighted by molar-refractivity contribution is 6.22. The molecule has 1 atom stereocenters. The van der Waals surface area contributed by atoms with Crippen molar-refractivity contribution < 1.29 is 0 Å². The van der Waals surface area contributed by atoms with Gasteiger partial charge >= 0.3 is 0 Å². The maximum atomic E-state index is 5.55. The SMILES string of the molecule is CC(C)C#CC(C)Cl. The number of halogens is 1. The Morgan fingerprint density at radius 2 is 1.62 bits per heavy atom. The summed E-state index contributed by atoms with van der Waals surface area (Å²) in [5, 5.41) is -0.00241. The zero-order valence-corrected chi connectivity index (χ0v) is 6.29. The number of rotatable bonds is 0. The van der Waals surface area contributed by atoms with Crippen LogP contribution in [0.4, 0.5) is 0 Å². The van der Waals surface area contributed by atoms with Gasteiger partial charge in [-0.2, -0.15) is 0 Å². The third-order valence-electron chi connectivity index (χ3n) is 0.571. The van der Waals surface area contributed by atoms with Gasteiger partial charge in [-0.3, -0.25) is 0 Å². The van der Waals surface area contributed by atoms with E-state index < -0.39 is 0 Å². The molecule has 0 nitrogen and oxygen atoms in total. The lowest BCUT2D eigenvalue weighted by molar-refractivity contribution is 0.865. The third kappa shape index (κ3) is 5.85. The molecule has 0 spiro atoms. The molecular weight excluding hydrogens is 120 g/mol. The first-order valence-corrected chi connectivity index (χ1v) is 3.21. The molecule has 0 aromatic carbocycles. The Kier molecular flexibility index (Phi) is 3.73. The highest BCUT2D eigenvalue weighted by Crippen LogP contribution is 1.91. The molecular formula is C7H11Cl.